The molecule has 0 saturated carbocycles. The molecule has 0 aliphatic carbocycles. The average molecular weight is 205 g/mol. The van der Waals surface area contributed by atoms with E-state index in [1.165, 1.54) is 0 Å². The maximum absolute atomic E-state index is 11.6. The number of aryl methyl sites for hydroxylation is 1. The zero-order valence-electron chi connectivity index (χ0n) is 8.90. The normalized spacial score (nSPS) is 21.7. The van der Waals surface area contributed by atoms with E-state index in [9.17, 15) is 4.79 Å². The van der Waals surface area contributed by atoms with Crippen LogP contribution in [-0.2, 0) is 16.0 Å². The van der Waals surface area contributed by atoms with Crippen LogP contribution in [0.1, 0.15) is 17.8 Å². The first-order valence-corrected chi connectivity index (χ1v) is 5.28. The minimum atomic E-state index is 0.00745. The highest BCUT2D eigenvalue weighted by atomic mass is 16.5. The Morgan fingerprint density at radius 2 is 2.40 bits per heavy atom. The van der Waals surface area contributed by atoms with E-state index in [1.807, 2.05) is 25.1 Å². The smallest absolute Gasteiger partial charge is 0.140 e. The zero-order chi connectivity index (χ0) is 10.7. The summed E-state index contributed by atoms with van der Waals surface area (Å²) < 4.78 is 5.31. The number of pyridine rings is 1. The molecule has 1 unspecified atom stereocenters. The van der Waals surface area contributed by atoms with Crippen molar-refractivity contribution in [2.24, 2.45) is 5.92 Å². The van der Waals surface area contributed by atoms with Gasteiger partial charge in [0.1, 0.15) is 5.78 Å². The molecular formula is C12H15NO2. The Labute approximate surface area is 89.5 Å². The Morgan fingerprint density at radius 1 is 1.53 bits per heavy atom. The number of hydrogen-bond acceptors (Lipinski definition) is 3. The number of ether oxygens (including phenoxy) is 1. The second-order valence-corrected chi connectivity index (χ2v) is 3.96. The summed E-state index contributed by atoms with van der Waals surface area (Å²) in [5.41, 5.74) is 1.98. The van der Waals surface area contributed by atoms with Crippen LogP contribution in [0.15, 0.2) is 18.2 Å². The Kier molecular flexibility index (Phi) is 3.11. The number of nitrogens with zero attached hydrogens (tertiary/aromatic N) is 1. The monoisotopic (exact) mass is 205 g/mol. The van der Waals surface area contributed by atoms with Gasteiger partial charge in [-0.15, -0.1) is 0 Å². The fraction of sp³-hybridized carbons (Fsp3) is 0.500. The second-order valence-electron chi connectivity index (χ2n) is 3.96. The number of rotatable bonds is 2. The number of carbonyl (C=O) groups excluding carboxylic acids is 1. The molecule has 1 aliphatic heterocycles. The summed E-state index contributed by atoms with van der Waals surface area (Å²) in [6.07, 6.45) is 1.26. The molecule has 2 heterocycles. The molecule has 0 spiro atoms. The highest BCUT2D eigenvalue weighted by molar-refractivity contribution is 5.82. The van der Waals surface area contributed by atoms with Crippen molar-refractivity contribution < 1.29 is 9.53 Å². The molecule has 1 atom stereocenters. The van der Waals surface area contributed by atoms with Gasteiger partial charge in [-0.25, -0.2) is 0 Å². The third-order valence-electron chi connectivity index (χ3n) is 2.67. The quantitative estimate of drug-likeness (QED) is 0.735. The van der Waals surface area contributed by atoms with E-state index in [2.05, 4.69) is 4.98 Å². The van der Waals surface area contributed by atoms with Crippen LogP contribution in [0.5, 0.6) is 0 Å². The van der Waals surface area contributed by atoms with Crippen molar-refractivity contribution in [3.63, 3.8) is 0 Å². The van der Waals surface area contributed by atoms with Gasteiger partial charge in [0, 0.05) is 30.1 Å². The van der Waals surface area contributed by atoms with Crippen molar-refractivity contribution in [1.82, 2.24) is 4.98 Å². The molecule has 0 amide bonds. The standard InChI is InChI=1S/C12H15NO2/c1-9-3-2-4-11(13-9)7-10-8-15-6-5-12(10)14/h2-4,10H,5-8H2,1H3. The lowest BCUT2D eigenvalue weighted by molar-refractivity contribution is -0.130. The van der Waals surface area contributed by atoms with Crippen LogP contribution in [0, 0.1) is 12.8 Å². The Morgan fingerprint density at radius 3 is 3.13 bits per heavy atom. The summed E-state index contributed by atoms with van der Waals surface area (Å²) in [6.45, 7) is 3.09. The summed E-state index contributed by atoms with van der Waals surface area (Å²) in [5.74, 6) is 0.317. The van der Waals surface area contributed by atoms with Crippen LogP contribution < -0.4 is 0 Å². The van der Waals surface area contributed by atoms with Crippen molar-refractivity contribution >= 4 is 5.78 Å². The predicted octanol–water partition coefficient (Wildman–Crippen LogP) is 1.54. The van der Waals surface area contributed by atoms with Crippen molar-refractivity contribution in [2.45, 2.75) is 19.8 Å². The van der Waals surface area contributed by atoms with Gasteiger partial charge in [-0.1, -0.05) is 6.07 Å². The number of aromatic nitrogens is 1. The molecule has 0 radical (unpaired) electrons. The van der Waals surface area contributed by atoms with E-state index in [0.717, 1.165) is 11.4 Å². The van der Waals surface area contributed by atoms with Gasteiger partial charge >= 0.3 is 0 Å². The molecule has 0 bridgehead atoms. The van der Waals surface area contributed by atoms with Gasteiger partial charge in [0.05, 0.1) is 13.2 Å². The number of Topliss-reactive ketones (excluding diaryl/α,β-unsaturated/α-hetero) is 1. The van der Waals surface area contributed by atoms with Crippen molar-refractivity contribution in [1.29, 1.82) is 0 Å². The molecule has 15 heavy (non-hydrogen) atoms. The summed E-state index contributed by atoms with van der Waals surface area (Å²) in [5, 5.41) is 0. The van der Waals surface area contributed by atoms with Crippen LogP contribution >= 0.6 is 0 Å². The van der Waals surface area contributed by atoms with Gasteiger partial charge in [0.2, 0.25) is 0 Å². The molecule has 0 N–H and O–H groups in total. The fourth-order valence-corrected chi connectivity index (χ4v) is 1.83. The van der Waals surface area contributed by atoms with E-state index in [0.29, 0.717) is 31.8 Å². The molecular weight excluding hydrogens is 190 g/mol. The van der Waals surface area contributed by atoms with Gasteiger partial charge in [-0.2, -0.15) is 0 Å². The summed E-state index contributed by atoms with van der Waals surface area (Å²) in [6, 6.07) is 5.91. The maximum Gasteiger partial charge on any atom is 0.140 e. The predicted molar refractivity (Wildman–Crippen MR) is 56.6 cm³/mol. The lowest BCUT2D eigenvalue weighted by Gasteiger charge is -2.20. The first kappa shape index (κ1) is 10.3. The molecule has 1 fully saturated rings. The molecule has 0 aromatic carbocycles. The third-order valence-corrected chi connectivity index (χ3v) is 2.67. The van der Waals surface area contributed by atoms with Gasteiger partial charge in [-0.3, -0.25) is 9.78 Å². The summed E-state index contributed by atoms with van der Waals surface area (Å²) in [4.78, 5) is 16.0. The first-order valence-electron chi connectivity index (χ1n) is 5.28. The van der Waals surface area contributed by atoms with Crippen LogP contribution in [0.25, 0.3) is 0 Å². The SMILES string of the molecule is Cc1cccc(CC2COCCC2=O)n1. The molecule has 80 valence electrons. The minimum absolute atomic E-state index is 0.00745. The van der Waals surface area contributed by atoms with E-state index in [-0.39, 0.29) is 5.92 Å². The summed E-state index contributed by atoms with van der Waals surface area (Å²) >= 11 is 0. The van der Waals surface area contributed by atoms with E-state index < -0.39 is 0 Å². The molecule has 3 nitrogen and oxygen atoms in total. The van der Waals surface area contributed by atoms with Crippen molar-refractivity contribution in [3.05, 3.63) is 29.6 Å². The second kappa shape index (κ2) is 4.53. The molecule has 1 aliphatic rings. The summed E-state index contributed by atoms with van der Waals surface area (Å²) in [7, 11) is 0. The molecule has 3 heteroatoms. The van der Waals surface area contributed by atoms with Crippen LogP contribution in [0.3, 0.4) is 0 Å². The molecule has 1 aromatic rings. The highest BCUT2D eigenvalue weighted by Crippen LogP contribution is 2.14. The number of ketones is 1. The van der Waals surface area contributed by atoms with E-state index in [4.69, 9.17) is 4.74 Å². The molecule has 1 aromatic heterocycles. The Bertz CT molecular complexity index is 362. The van der Waals surface area contributed by atoms with Gasteiger partial charge in [0.15, 0.2) is 0 Å². The van der Waals surface area contributed by atoms with Crippen molar-refractivity contribution in [3.8, 4) is 0 Å². The molecule has 1 saturated heterocycles. The zero-order valence-corrected chi connectivity index (χ0v) is 8.90. The third kappa shape index (κ3) is 2.63. The minimum Gasteiger partial charge on any atom is -0.380 e. The van der Waals surface area contributed by atoms with Crippen LogP contribution in [0.4, 0.5) is 0 Å². The lowest BCUT2D eigenvalue weighted by atomic mass is 9.95. The Balaban J connectivity index is 2.04. The lowest BCUT2D eigenvalue weighted by Crippen LogP contribution is -2.29. The Hall–Kier alpha value is -1.22. The fourth-order valence-electron chi connectivity index (χ4n) is 1.83. The van der Waals surface area contributed by atoms with E-state index in [1.54, 1.807) is 0 Å². The van der Waals surface area contributed by atoms with E-state index >= 15 is 0 Å². The number of carbonyl (C=O) groups is 1. The van der Waals surface area contributed by atoms with Gasteiger partial charge in [-0.05, 0) is 19.1 Å². The van der Waals surface area contributed by atoms with Gasteiger partial charge in [0.25, 0.3) is 0 Å². The molecule has 2 rings (SSSR count). The first-order chi connectivity index (χ1) is 7.25. The van der Waals surface area contributed by atoms with Crippen LogP contribution in [0.2, 0.25) is 0 Å². The average Bonchev–Trinajstić information content (AvgIpc) is 2.22. The highest BCUT2D eigenvalue weighted by Gasteiger charge is 2.23. The largest absolute Gasteiger partial charge is 0.380 e. The van der Waals surface area contributed by atoms with Gasteiger partial charge < -0.3 is 4.74 Å². The maximum atomic E-state index is 11.6. The van der Waals surface area contributed by atoms with Crippen molar-refractivity contribution in [2.75, 3.05) is 13.2 Å². The number of hydrogen-bond donors (Lipinski definition) is 0. The topological polar surface area (TPSA) is 39.2 Å². The van der Waals surface area contributed by atoms with Crippen LogP contribution in [-0.4, -0.2) is 24.0 Å².